The van der Waals surface area contributed by atoms with Crippen LogP contribution < -0.4 is 5.32 Å². The number of hydrogen-bond donors (Lipinski definition) is 1. The Kier molecular flexibility index (Phi) is 5.56. The summed E-state index contributed by atoms with van der Waals surface area (Å²) in [5, 5.41) is 3.62. The van der Waals surface area contributed by atoms with Crippen LogP contribution in [0.15, 0.2) is 87.1 Å². The summed E-state index contributed by atoms with van der Waals surface area (Å²) in [6.45, 7) is 1.96. The maximum Gasteiger partial charge on any atom is 0.238 e. The van der Waals surface area contributed by atoms with E-state index in [2.05, 4.69) is 10.3 Å². The molecule has 0 bridgehead atoms. The van der Waals surface area contributed by atoms with Gasteiger partial charge in [-0.3, -0.25) is 0 Å². The van der Waals surface area contributed by atoms with Crippen molar-refractivity contribution in [3.63, 3.8) is 0 Å². The van der Waals surface area contributed by atoms with Crippen LogP contribution in [0.2, 0.25) is 10.0 Å². The van der Waals surface area contributed by atoms with Crippen LogP contribution in [-0.4, -0.2) is 13.4 Å². The van der Waals surface area contributed by atoms with Gasteiger partial charge in [0, 0.05) is 10.7 Å². The van der Waals surface area contributed by atoms with Crippen molar-refractivity contribution in [2.24, 2.45) is 0 Å². The number of hydrogen-bond acceptors (Lipinski definition) is 5. The molecule has 0 atom stereocenters. The van der Waals surface area contributed by atoms with Gasteiger partial charge in [-0.25, -0.2) is 8.42 Å². The molecule has 0 radical (unpaired) electrons. The molecule has 5 nitrogen and oxygen atoms in total. The predicted octanol–water partition coefficient (Wildman–Crippen LogP) is 6.53. The van der Waals surface area contributed by atoms with Gasteiger partial charge in [0.25, 0.3) is 0 Å². The number of sulfone groups is 1. The summed E-state index contributed by atoms with van der Waals surface area (Å²) >= 11 is 12.2. The molecule has 152 valence electrons. The molecular weight excluding hydrogens is 443 g/mol. The smallest absolute Gasteiger partial charge is 0.238 e. The van der Waals surface area contributed by atoms with Gasteiger partial charge in [0.05, 0.1) is 15.5 Å². The molecule has 0 aliphatic rings. The summed E-state index contributed by atoms with van der Waals surface area (Å²) in [4.78, 5) is 4.34. The Morgan fingerprint density at radius 2 is 1.57 bits per heavy atom. The highest BCUT2D eigenvalue weighted by atomic mass is 35.5. The quantitative estimate of drug-likeness (QED) is 0.367. The molecule has 0 aliphatic heterocycles. The first-order valence-electron chi connectivity index (χ1n) is 8.95. The van der Waals surface area contributed by atoms with E-state index in [9.17, 15) is 8.42 Å². The predicted molar refractivity (Wildman–Crippen MR) is 118 cm³/mol. The molecule has 3 aromatic carbocycles. The summed E-state index contributed by atoms with van der Waals surface area (Å²) in [7, 11) is -3.98. The number of benzene rings is 3. The van der Waals surface area contributed by atoms with E-state index in [1.807, 2.05) is 31.2 Å². The second-order valence-corrected chi connectivity index (χ2v) is 9.29. The average Bonchev–Trinajstić information content (AvgIpc) is 3.15. The van der Waals surface area contributed by atoms with Crippen LogP contribution in [0.25, 0.3) is 11.5 Å². The number of nitrogens with zero attached hydrogens (tertiary/aromatic N) is 1. The fourth-order valence-corrected chi connectivity index (χ4v) is 4.41. The monoisotopic (exact) mass is 458 g/mol. The largest absolute Gasteiger partial charge is 0.419 e. The van der Waals surface area contributed by atoms with Crippen molar-refractivity contribution < 1.29 is 12.8 Å². The lowest BCUT2D eigenvalue weighted by Gasteiger charge is -2.06. The van der Waals surface area contributed by atoms with Crippen LogP contribution in [-0.2, 0) is 9.84 Å². The normalized spacial score (nSPS) is 11.4. The second kappa shape index (κ2) is 8.14. The van der Waals surface area contributed by atoms with Gasteiger partial charge >= 0.3 is 0 Å². The fraction of sp³-hybridized carbons (Fsp3) is 0.0455. The van der Waals surface area contributed by atoms with Gasteiger partial charge in [-0.1, -0.05) is 53.0 Å². The Morgan fingerprint density at radius 1 is 0.900 bits per heavy atom. The summed E-state index contributed by atoms with van der Waals surface area (Å²) in [6, 6.07) is 20.3. The van der Waals surface area contributed by atoms with Crippen molar-refractivity contribution in [1.29, 1.82) is 0 Å². The molecule has 0 unspecified atom stereocenters. The highest BCUT2D eigenvalue weighted by Crippen LogP contribution is 2.36. The van der Waals surface area contributed by atoms with Crippen molar-refractivity contribution >= 4 is 44.6 Å². The molecule has 0 saturated carbocycles. The molecule has 0 aliphatic carbocycles. The van der Waals surface area contributed by atoms with Crippen LogP contribution in [0.1, 0.15) is 5.56 Å². The highest BCUT2D eigenvalue weighted by molar-refractivity contribution is 7.91. The van der Waals surface area contributed by atoms with Crippen LogP contribution in [0, 0.1) is 6.92 Å². The molecule has 0 amide bonds. The minimum atomic E-state index is -3.98. The van der Waals surface area contributed by atoms with E-state index in [4.69, 9.17) is 27.6 Å². The van der Waals surface area contributed by atoms with Crippen molar-refractivity contribution in [1.82, 2.24) is 4.98 Å². The SMILES string of the molecule is Cc1ccc(Nc2oc(-c3ccccc3Cl)nc2S(=O)(=O)c2ccc(Cl)cc2)cc1. The zero-order valence-electron chi connectivity index (χ0n) is 15.8. The number of nitrogens with one attached hydrogen (secondary N) is 1. The first-order valence-corrected chi connectivity index (χ1v) is 11.2. The van der Waals surface area contributed by atoms with Gasteiger partial charge in [-0.2, -0.15) is 4.98 Å². The molecule has 30 heavy (non-hydrogen) atoms. The minimum absolute atomic E-state index is 0.00345. The molecule has 1 heterocycles. The van der Waals surface area contributed by atoms with E-state index in [1.165, 1.54) is 24.3 Å². The zero-order chi connectivity index (χ0) is 21.3. The first kappa shape index (κ1) is 20.5. The Hall–Kier alpha value is -2.80. The van der Waals surface area contributed by atoms with Gasteiger partial charge in [0.15, 0.2) is 0 Å². The third-order valence-electron chi connectivity index (χ3n) is 4.39. The van der Waals surface area contributed by atoms with Crippen molar-refractivity contribution in [3.05, 3.63) is 88.4 Å². The lowest BCUT2D eigenvalue weighted by molar-refractivity contribution is 0.582. The van der Waals surface area contributed by atoms with E-state index in [1.54, 1.807) is 24.3 Å². The highest BCUT2D eigenvalue weighted by Gasteiger charge is 2.29. The Labute approximate surface area is 184 Å². The van der Waals surface area contributed by atoms with E-state index >= 15 is 0 Å². The average molecular weight is 459 g/mol. The van der Waals surface area contributed by atoms with Crippen LogP contribution >= 0.6 is 23.2 Å². The summed E-state index contributed by atoms with van der Waals surface area (Å²) in [5.74, 6) is 0.103. The number of rotatable bonds is 5. The van der Waals surface area contributed by atoms with E-state index < -0.39 is 9.84 Å². The third-order valence-corrected chi connectivity index (χ3v) is 6.65. The van der Waals surface area contributed by atoms with Gasteiger partial charge in [-0.05, 0) is 55.5 Å². The fourth-order valence-electron chi connectivity index (χ4n) is 2.81. The van der Waals surface area contributed by atoms with Crippen LogP contribution in [0.4, 0.5) is 11.6 Å². The standard InChI is InChI=1S/C22H16Cl2N2O3S/c1-14-6-10-16(11-7-14)25-21-22(30(27,28)17-12-8-15(23)9-13-17)26-20(29-21)18-4-2-3-5-19(18)24/h2-13,25H,1H3. The Bertz CT molecular complexity index is 1300. The van der Waals surface area contributed by atoms with Gasteiger partial charge < -0.3 is 9.73 Å². The molecule has 1 N–H and O–H groups in total. The second-order valence-electron chi connectivity index (χ2n) is 6.58. The van der Waals surface area contributed by atoms with Crippen LogP contribution in [0.5, 0.6) is 0 Å². The van der Waals surface area contributed by atoms with E-state index in [-0.39, 0.29) is 21.7 Å². The molecule has 4 rings (SSSR count). The van der Waals surface area contributed by atoms with Crippen molar-refractivity contribution in [2.45, 2.75) is 16.8 Å². The molecule has 1 aromatic heterocycles. The molecule has 0 spiro atoms. The van der Waals surface area contributed by atoms with Gasteiger partial charge in [-0.15, -0.1) is 0 Å². The topological polar surface area (TPSA) is 72.2 Å². The molecule has 4 aromatic rings. The molecular formula is C22H16Cl2N2O3S. The number of anilines is 2. The maximum atomic E-state index is 13.3. The number of halogens is 2. The summed E-state index contributed by atoms with van der Waals surface area (Å²) in [5.41, 5.74) is 2.22. The van der Waals surface area contributed by atoms with Crippen molar-refractivity contribution in [3.8, 4) is 11.5 Å². The number of oxazole rings is 1. The number of aromatic nitrogens is 1. The lowest BCUT2D eigenvalue weighted by Crippen LogP contribution is -2.05. The number of aryl methyl sites for hydroxylation is 1. The molecule has 8 heteroatoms. The maximum absolute atomic E-state index is 13.3. The summed E-state index contributed by atoms with van der Waals surface area (Å²) < 4.78 is 32.4. The third kappa shape index (κ3) is 4.07. The van der Waals surface area contributed by atoms with Crippen LogP contribution in [0.3, 0.4) is 0 Å². The lowest BCUT2D eigenvalue weighted by atomic mass is 10.2. The summed E-state index contributed by atoms with van der Waals surface area (Å²) in [6.07, 6.45) is 0. The Morgan fingerprint density at radius 3 is 2.23 bits per heavy atom. The van der Waals surface area contributed by atoms with E-state index in [0.717, 1.165) is 5.56 Å². The van der Waals surface area contributed by atoms with Gasteiger partial charge in [0.2, 0.25) is 26.6 Å². The Balaban J connectivity index is 1.85. The molecule has 0 fully saturated rings. The first-order chi connectivity index (χ1) is 14.3. The van der Waals surface area contributed by atoms with E-state index in [0.29, 0.717) is 21.3 Å². The minimum Gasteiger partial charge on any atom is -0.419 e. The molecule has 0 saturated heterocycles. The zero-order valence-corrected chi connectivity index (χ0v) is 18.1. The van der Waals surface area contributed by atoms with Gasteiger partial charge in [0.1, 0.15) is 0 Å². The van der Waals surface area contributed by atoms with Crippen molar-refractivity contribution in [2.75, 3.05) is 5.32 Å².